The largest absolute Gasteiger partial charge is 0.497 e. The van der Waals surface area contributed by atoms with Gasteiger partial charge in [0, 0.05) is 28.2 Å². The maximum atomic E-state index is 14.0. The lowest BCUT2D eigenvalue weighted by molar-refractivity contribution is -0.139. The smallest absolute Gasteiger partial charge is 0.264 e. The Bertz CT molecular complexity index is 1470. The zero-order valence-corrected chi connectivity index (χ0v) is 26.0. The molecular weight excluding hydrogens is 609 g/mol. The first-order chi connectivity index (χ1) is 19.5. The van der Waals surface area contributed by atoms with Crippen molar-refractivity contribution in [3.63, 3.8) is 0 Å². The fourth-order valence-corrected chi connectivity index (χ4v) is 6.05. The summed E-state index contributed by atoms with van der Waals surface area (Å²) in [5, 5.41) is 3.86. The van der Waals surface area contributed by atoms with Gasteiger partial charge in [-0.1, -0.05) is 60.3 Å². The number of benzene rings is 3. The molecule has 0 spiro atoms. The number of carbonyl (C=O) groups is 2. The summed E-state index contributed by atoms with van der Waals surface area (Å²) in [4.78, 5) is 28.3. The van der Waals surface area contributed by atoms with Crippen molar-refractivity contribution in [2.24, 2.45) is 0 Å². The first-order valence-electron chi connectivity index (χ1n) is 12.9. The number of halogens is 3. The molecule has 0 saturated heterocycles. The second-order valence-corrected chi connectivity index (χ2v) is 12.4. The van der Waals surface area contributed by atoms with Crippen LogP contribution in [-0.2, 0) is 26.2 Å². The van der Waals surface area contributed by atoms with Crippen molar-refractivity contribution in [2.45, 2.75) is 44.2 Å². The van der Waals surface area contributed by atoms with Crippen molar-refractivity contribution >= 4 is 62.3 Å². The van der Waals surface area contributed by atoms with Crippen LogP contribution in [-0.4, -0.2) is 51.4 Å². The average Bonchev–Trinajstić information content (AvgIpc) is 2.95. The van der Waals surface area contributed by atoms with Crippen molar-refractivity contribution in [3.8, 4) is 5.75 Å². The first-order valence-corrected chi connectivity index (χ1v) is 15.5. The average molecular weight is 641 g/mol. The number of hydrogen-bond acceptors (Lipinski definition) is 5. The van der Waals surface area contributed by atoms with Crippen LogP contribution in [0.3, 0.4) is 0 Å². The number of amides is 2. The van der Waals surface area contributed by atoms with E-state index in [9.17, 15) is 18.0 Å². The zero-order chi connectivity index (χ0) is 30.2. The summed E-state index contributed by atoms with van der Waals surface area (Å²) < 4.78 is 33.9. The summed E-state index contributed by atoms with van der Waals surface area (Å²) in [5.41, 5.74) is 0.733. The standard InChI is InChI=1S/C29H32Cl3N3O5S/c1-4-5-15-33-29(37)20(2)34(18-21-9-10-23(31)17-27(21)32)28(36)19-35(24-8-6-7-22(30)16-24)41(38,39)26-13-11-25(40-3)12-14-26/h6-14,16-17,20H,4-5,15,18-19H2,1-3H3,(H,33,37). The molecule has 3 rings (SSSR count). The Hall–Kier alpha value is -2.98. The lowest BCUT2D eigenvalue weighted by Crippen LogP contribution is -2.51. The second-order valence-electron chi connectivity index (χ2n) is 9.25. The van der Waals surface area contributed by atoms with Gasteiger partial charge in [-0.05, 0) is 73.5 Å². The molecule has 0 bridgehead atoms. The van der Waals surface area contributed by atoms with Gasteiger partial charge in [0.25, 0.3) is 10.0 Å². The van der Waals surface area contributed by atoms with Crippen LogP contribution >= 0.6 is 34.8 Å². The highest BCUT2D eigenvalue weighted by Crippen LogP contribution is 2.28. The molecule has 0 heterocycles. The van der Waals surface area contributed by atoms with E-state index in [0.717, 1.165) is 17.1 Å². The molecule has 220 valence electrons. The fraction of sp³-hybridized carbons (Fsp3) is 0.310. The van der Waals surface area contributed by atoms with Crippen LogP contribution in [0.1, 0.15) is 32.3 Å². The van der Waals surface area contributed by atoms with E-state index >= 15 is 0 Å². The summed E-state index contributed by atoms with van der Waals surface area (Å²) in [6.45, 7) is 3.38. The Kier molecular flexibility index (Phi) is 11.7. The van der Waals surface area contributed by atoms with Gasteiger partial charge in [0.05, 0.1) is 17.7 Å². The molecule has 0 aromatic heterocycles. The SMILES string of the molecule is CCCCNC(=O)C(C)N(Cc1ccc(Cl)cc1Cl)C(=O)CN(c1cccc(Cl)c1)S(=O)(=O)c1ccc(OC)cc1. The Morgan fingerprint density at radius 1 is 0.976 bits per heavy atom. The predicted molar refractivity (Wildman–Crippen MR) is 163 cm³/mol. The van der Waals surface area contributed by atoms with E-state index in [2.05, 4.69) is 5.32 Å². The number of hydrogen-bond donors (Lipinski definition) is 1. The molecule has 0 aliphatic heterocycles. The van der Waals surface area contributed by atoms with Gasteiger partial charge < -0.3 is 15.0 Å². The Balaban J connectivity index is 2.03. The van der Waals surface area contributed by atoms with Gasteiger partial charge >= 0.3 is 0 Å². The Morgan fingerprint density at radius 3 is 2.27 bits per heavy atom. The first kappa shape index (κ1) is 32.5. The summed E-state index contributed by atoms with van der Waals surface area (Å²) in [7, 11) is -2.77. The van der Waals surface area contributed by atoms with E-state index in [0.29, 0.717) is 32.9 Å². The van der Waals surface area contributed by atoms with Crippen LogP contribution in [0, 0.1) is 0 Å². The molecule has 0 fully saturated rings. The van der Waals surface area contributed by atoms with Gasteiger partial charge in [0.1, 0.15) is 18.3 Å². The highest BCUT2D eigenvalue weighted by molar-refractivity contribution is 7.92. The summed E-state index contributed by atoms with van der Waals surface area (Å²) in [6.07, 6.45) is 1.66. The predicted octanol–water partition coefficient (Wildman–Crippen LogP) is 6.18. The van der Waals surface area contributed by atoms with Crippen LogP contribution < -0.4 is 14.4 Å². The van der Waals surface area contributed by atoms with Crippen LogP contribution in [0.4, 0.5) is 5.69 Å². The van der Waals surface area contributed by atoms with Gasteiger partial charge in [-0.15, -0.1) is 0 Å². The van der Waals surface area contributed by atoms with Gasteiger partial charge in [0.15, 0.2) is 0 Å². The number of rotatable bonds is 13. The van der Waals surface area contributed by atoms with Crippen molar-refractivity contribution in [2.75, 3.05) is 24.5 Å². The third kappa shape index (κ3) is 8.52. The van der Waals surface area contributed by atoms with Crippen LogP contribution in [0.5, 0.6) is 5.75 Å². The molecule has 1 atom stereocenters. The number of nitrogens with zero attached hydrogens (tertiary/aromatic N) is 2. The van der Waals surface area contributed by atoms with E-state index in [4.69, 9.17) is 39.5 Å². The summed E-state index contributed by atoms with van der Waals surface area (Å²) >= 11 is 18.7. The topological polar surface area (TPSA) is 96.0 Å². The third-order valence-electron chi connectivity index (χ3n) is 6.38. The number of unbranched alkanes of at least 4 members (excludes halogenated alkanes) is 1. The molecular formula is C29H32Cl3N3O5S. The molecule has 1 N–H and O–H groups in total. The number of sulfonamides is 1. The Morgan fingerprint density at radius 2 is 1.66 bits per heavy atom. The van der Waals surface area contributed by atoms with Gasteiger partial charge in [-0.3, -0.25) is 13.9 Å². The molecule has 2 amide bonds. The van der Waals surface area contributed by atoms with Gasteiger partial charge in [0.2, 0.25) is 11.8 Å². The lowest BCUT2D eigenvalue weighted by Gasteiger charge is -2.32. The Labute approximate surface area is 256 Å². The van der Waals surface area contributed by atoms with E-state index in [1.807, 2.05) is 6.92 Å². The van der Waals surface area contributed by atoms with Crippen molar-refractivity contribution in [1.82, 2.24) is 10.2 Å². The van der Waals surface area contributed by atoms with Gasteiger partial charge in [-0.25, -0.2) is 8.42 Å². The van der Waals surface area contributed by atoms with Crippen molar-refractivity contribution < 1.29 is 22.7 Å². The second kappa shape index (κ2) is 14.8. The van der Waals surface area contributed by atoms with E-state index < -0.39 is 28.5 Å². The van der Waals surface area contributed by atoms with Crippen LogP contribution in [0.15, 0.2) is 71.6 Å². The fourth-order valence-electron chi connectivity index (χ4n) is 3.99. The maximum absolute atomic E-state index is 14.0. The minimum Gasteiger partial charge on any atom is -0.497 e. The monoisotopic (exact) mass is 639 g/mol. The summed E-state index contributed by atoms with van der Waals surface area (Å²) in [5.74, 6) is -0.515. The molecule has 8 nitrogen and oxygen atoms in total. The number of ether oxygens (including phenoxy) is 1. The number of nitrogens with one attached hydrogen (secondary N) is 1. The van der Waals surface area contributed by atoms with Crippen molar-refractivity contribution in [3.05, 3.63) is 87.4 Å². The maximum Gasteiger partial charge on any atom is 0.264 e. The number of methoxy groups -OCH3 is 1. The molecule has 0 radical (unpaired) electrons. The number of carbonyl (C=O) groups excluding carboxylic acids is 2. The van der Waals surface area contributed by atoms with E-state index in [1.165, 1.54) is 42.3 Å². The normalized spacial score (nSPS) is 12.0. The molecule has 3 aromatic carbocycles. The minimum absolute atomic E-state index is 0.0521. The van der Waals surface area contributed by atoms with E-state index in [1.54, 1.807) is 43.3 Å². The molecule has 3 aromatic rings. The van der Waals surface area contributed by atoms with Crippen LogP contribution in [0.2, 0.25) is 15.1 Å². The number of anilines is 1. The molecule has 0 saturated carbocycles. The van der Waals surface area contributed by atoms with Gasteiger partial charge in [-0.2, -0.15) is 0 Å². The van der Waals surface area contributed by atoms with Crippen LogP contribution in [0.25, 0.3) is 0 Å². The molecule has 1 unspecified atom stereocenters. The quantitative estimate of drug-likeness (QED) is 0.225. The molecule has 0 aliphatic carbocycles. The lowest BCUT2D eigenvalue weighted by atomic mass is 10.1. The third-order valence-corrected chi connectivity index (χ3v) is 8.99. The highest BCUT2D eigenvalue weighted by atomic mass is 35.5. The minimum atomic E-state index is -4.25. The zero-order valence-electron chi connectivity index (χ0n) is 22.9. The summed E-state index contributed by atoms with van der Waals surface area (Å²) in [6, 6.07) is 15.9. The highest BCUT2D eigenvalue weighted by Gasteiger charge is 2.33. The molecule has 41 heavy (non-hydrogen) atoms. The van der Waals surface area contributed by atoms with E-state index in [-0.39, 0.29) is 23.0 Å². The molecule has 0 aliphatic rings. The molecule has 12 heteroatoms. The van der Waals surface area contributed by atoms with Crippen molar-refractivity contribution in [1.29, 1.82) is 0 Å².